The second kappa shape index (κ2) is 6.52. The minimum absolute atomic E-state index is 0.0782. The van der Waals surface area contributed by atoms with Crippen molar-refractivity contribution >= 4 is 22.8 Å². The van der Waals surface area contributed by atoms with Crippen molar-refractivity contribution in [3.63, 3.8) is 0 Å². The van der Waals surface area contributed by atoms with Gasteiger partial charge in [-0.05, 0) is 24.6 Å². The molecule has 1 amide bonds. The van der Waals surface area contributed by atoms with Crippen LogP contribution in [0.15, 0.2) is 24.3 Å². The van der Waals surface area contributed by atoms with Crippen LogP contribution in [0, 0.1) is 0 Å². The van der Waals surface area contributed by atoms with E-state index in [1.54, 1.807) is 0 Å². The monoisotopic (exact) mass is 372 g/mol. The molecule has 1 unspecified atom stereocenters. The average molecular weight is 372 g/mol. The smallest absolute Gasteiger partial charge is 0.481 e. The highest BCUT2D eigenvalue weighted by molar-refractivity contribution is 5.98. The molecular formula is C16H15F3N2O5. The van der Waals surface area contributed by atoms with Crippen molar-refractivity contribution in [2.45, 2.75) is 24.7 Å². The fraction of sp³-hybridized carbons (Fsp3) is 0.375. The van der Waals surface area contributed by atoms with Crippen molar-refractivity contribution in [1.82, 2.24) is 10.3 Å². The van der Waals surface area contributed by atoms with Gasteiger partial charge in [0, 0.05) is 23.6 Å². The maximum atomic E-state index is 12.5. The van der Waals surface area contributed by atoms with E-state index in [2.05, 4.69) is 15.0 Å². The summed E-state index contributed by atoms with van der Waals surface area (Å²) in [7, 11) is 0. The van der Waals surface area contributed by atoms with Crippen molar-refractivity contribution in [1.29, 1.82) is 0 Å². The Bertz CT molecular complexity index is 840. The van der Waals surface area contributed by atoms with Gasteiger partial charge in [0.25, 0.3) is 5.91 Å². The number of aromatic amines is 1. The highest BCUT2D eigenvalue weighted by Crippen LogP contribution is 2.27. The fourth-order valence-electron chi connectivity index (χ4n) is 2.91. The zero-order valence-electron chi connectivity index (χ0n) is 13.4. The highest BCUT2D eigenvalue weighted by atomic mass is 19.4. The van der Waals surface area contributed by atoms with Gasteiger partial charge in [-0.3, -0.25) is 9.59 Å². The number of ether oxygens (including phenoxy) is 2. The SMILES string of the molecule is O=C(O)CC1(NC(=O)c2cc3ccc(OC(F)(F)F)cc3[nH]2)CCOC1. The standard InChI is InChI=1S/C16H15F3N2O5/c17-16(18,19)26-10-2-1-9-5-12(20-11(9)6-10)14(24)21-15(7-13(22)23)3-4-25-8-15/h1-2,5-6,20H,3-4,7-8H2,(H,21,24)(H,22,23). The maximum Gasteiger partial charge on any atom is 0.573 e. The fourth-order valence-corrected chi connectivity index (χ4v) is 2.91. The summed E-state index contributed by atoms with van der Waals surface area (Å²) in [5.41, 5.74) is -0.627. The number of alkyl halides is 3. The van der Waals surface area contributed by atoms with Crippen LogP contribution in [-0.4, -0.2) is 47.1 Å². The number of benzene rings is 1. The number of amides is 1. The van der Waals surface area contributed by atoms with Gasteiger partial charge in [-0.2, -0.15) is 0 Å². The van der Waals surface area contributed by atoms with Crippen LogP contribution in [-0.2, 0) is 9.53 Å². The number of fused-ring (bicyclic) bond motifs is 1. The first-order chi connectivity index (χ1) is 12.2. The third-order valence-electron chi connectivity index (χ3n) is 4.04. The van der Waals surface area contributed by atoms with Crippen molar-refractivity contribution in [3.05, 3.63) is 30.0 Å². The number of hydrogen-bond acceptors (Lipinski definition) is 4. The number of halogens is 3. The second-order valence-corrected chi connectivity index (χ2v) is 6.09. The summed E-state index contributed by atoms with van der Waals surface area (Å²) >= 11 is 0. The lowest BCUT2D eigenvalue weighted by Crippen LogP contribution is -2.50. The number of carboxylic acids is 1. The number of carbonyl (C=O) groups is 2. The number of aliphatic carboxylic acids is 1. The van der Waals surface area contributed by atoms with Crippen LogP contribution in [0.5, 0.6) is 5.75 Å². The lowest BCUT2D eigenvalue weighted by atomic mass is 9.94. The van der Waals surface area contributed by atoms with Gasteiger partial charge in [-0.25, -0.2) is 0 Å². The molecule has 1 aromatic heterocycles. The normalized spacial score (nSPS) is 20.3. The Balaban J connectivity index is 1.81. The molecule has 2 aromatic rings. The Morgan fingerprint density at radius 3 is 2.73 bits per heavy atom. The molecule has 3 rings (SSSR count). The number of rotatable bonds is 5. The number of carboxylic acid groups (broad SMARTS) is 1. The van der Waals surface area contributed by atoms with Crippen LogP contribution in [0.3, 0.4) is 0 Å². The van der Waals surface area contributed by atoms with Crippen LogP contribution in [0.2, 0.25) is 0 Å². The van der Waals surface area contributed by atoms with Crippen molar-refractivity contribution in [2.75, 3.05) is 13.2 Å². The molecule has 0 spiro atoms. The largest absolute Gasteiger partial charge is 0.573 e. The molecule has 0 saturated carbocycles. The number of aromatic nitrogens is 1. The molecule has 7 nitrogen and oxygen atoms in total. The molecule has 1 saturated heterocycles. The maximum absolute atomic E-state index is 12.5. The molecule has 26 heavy (non-hydrogen) atoms. The van der Waals surface area contributed by atoms with Crippen molar-refractivity contribution in [3.8, 4) is 5.75 Å². The molecule has 1 fully saturated rings. The molecule has 0 aliphatic carbocycles. The minimum atomic E-state index is -4.81. The van der Waals surface area contributed by atoms with Gasteiger partial charge in [0.15, 0.2) is 0 Å². The first-order valence-corrected chi connectivity index (χ1v) is 7.66. The van der Waals surface area contributed by atoms with E-state index in [0.717, 1.165) is 12.1 Å². The number of carbonyl (C=O) groups excluding carboxylic acids is 1. The lowest BCUT2D eigenvalue weighted by Gasteiger charge is -2.26. The van der Waals surface area contributed by atoms with Gasteiger partial charge in [0.1, 0.15) is 11.4 Å². The van der Waals surface area contributed by atoms with E-state index in [1.165, 1.54) is 12.1 Å². The molecule has 140 valence electrons. The molecule has 0 bridgehead atoms. The third-order valence-corrected chi connectivity index (χ3v) is 4.04. The first-order valence-electron chi connectivity index (χ1n) is 7.66. The van der Waals surface area contributed by atoms with Crippen LogP contribution < -0.4 is 10.1 Å². The predicted molar refractivity (Wildman–Crippen MR) is 82.9 cm³/mol. The molecule has 1 aliphatic rings. The Morgan fingerprint density at radius 1 is 1.35 bits per heavy atom. The van der Waals surface area contributed by atoms with E-state index in [9.17, 15) is 22.8 Å². The van der Waals surface area contributed by atoms with Gasteiger partial charge >= 0.3 is 12.3 Å². The number of nitrogens with one attached hydrogen (secondary N) is 2. The molecule has 3 N–H and O–H groups in total. The summed E-state index contributed by atoms with van der Waals surface area (Å²) in [6.07, 6.45) is -4.75. The topological polar surface area (TPSA) is 101 Å². The van der Waals surface area contributed by atoms with E-state index in [0.29, 0.717) is 18.4 Å². The first kappa shape index (κ1) is 18.1. The molecule has 0 radical (unpaired) electrons. The molecule has 1 aliphatic heterocycles. The van der Waals surface area contributed by atoms with E-state index < -0.39 is 29.5 Å². The van der Waals surface area contributed by atoms with Crippen LogP contribution in [0.25, 0.3) is 10.9 Å². The zero-order valence-corrected chi connectivity index (χ0v) is 13.4. The van der Waals surface area contributed by atoms with E-state index >= 15 is 0 Å². The quantitative estimate of drug-likeness (QED) is 0.748. The van der Waals surface area contributed by atoms with Gasteiger partial charge in [-0.15, -0.1) is 13.2 Å². The Morgan fingerprint density at radius 2 is 2.12 bits per heavy atom. The Hall–Kier alpha value is -2.75. The van der Waals surface area contributed by atoms with Crippen molar-refractivity contribution in [2.24, 2.45) is 0 Å². The van der Waals surface area contributed by atoms with E-state index in [1.807, 2.05) is 0 Å². The molecule has 1 atom stereocenters. The molecule has 10 heteroatoms. The lowest BCUT2D eigenvalue weighted by molar-refractivity contribution is -0.274. The summed E-state index contributed by atoms with van der Waals surface area (Å²) in [4.78, 5) is 26.2. The number of H-pyrrole nitrogens is 1. The predicted octanol–water partition coefficient (Wildman–Crippen LogP) is 2.43. The molecule has 1 aromatic carbocycles. The number of hydrogen-bond donors (Lipinski definition) is 3. The summed E-state index contributed by atoms with van der Waals surface area (Å²) in [5.74, 6) is -2.04. The van der Waals surface area contributed by atoms with Gasteiger partial charge in [0.05, 0.1) is 18.6 Å². The minimum Gasteiger partial charge on any atom is -0.481 e. The van der Waals surface area contributed by atoms with E-state index in [4.69, 9.17) is 9.84 Å². The van der Waals surface area contributed by atoms with Crippen LogP contribution >= 0.6 is 0 Å². The summed E-state index contributed by atoms with van der Waals surface area (Å²) in [5, 5.41) is 12.2. The van der Waals surface area contributed by atoms with Crippen molar-refractivity contribution < 1.29 is 37.3 Å². The van der Waals surface area contributed by atoms with Gasteiger partial charge in [-0.1, -0.05) is 0 Å². The average Bonchev–Trinajstić information content (AvgIpc) is 3.11. The zero-order chi connectivity index (χ0) is 18.9. The van der Waals surface area contributed by atoms with Crippen LogP contribution in [0.4, 0.5) is 13.2 Å². The molecule has 2 heterocycles. The van der Waals surface area contributed by atoms with E-state index in [-0.39, 0.29) is 24.2 Å². The summed E-state index contributed by atoms with van der Waals surface area (Å²) < 4.78 is 45.9. The Kier molecular flexibility index (Phi) is 4.53. The van der Waals surface area contributed by atoms with Crippen LogP contribution in [0.1, 0.15) is 23.3 Å². The molecular weight excluding hydrogens is 357 g/mol. The highest BCUT2D eigenvalue weighted by Gasteiger charge is 2.39. The second-order valence-electron chi connectivity index (χ2n) is 6.09. The summed E-state index contributed by atoms with van der Waals surface area (Å²) in [6.45, 7) is 0.410. The summed E-state index contributed by atoms with van der Waals surface area (Å²) in [6, 6.07) is 5.12. The Labute approximate surface area is 145 Å². The van der Waals surface area contributed by atoms with Gasteiger partial charge in [0.2, 0.25) is 0 Å². The van der Waals surface area contributed by atoms with Gasteiger partial charge < -0.3 is 24.9 Å². The third kappa shape index (κ3) is 4.07.